The summed E-state index contributed by atoms with van der Waals surface area (Å²) in [4.78, 5) is 25.9. The minimum atomic E-state index is -0.638. The fourth-order valence-electron chi connectivity index (χ4n) is 3.84. The highest BCUT2D eigenvalue weighted by molar-refractivity contribution is 5.96. The van der Waals surface area contributed by atoms with E-state index >= 15 is 0 Å². The van der Waals surface area contributed by atoms with Crippen molar-refractivity contribution in [1.29, 1.82) is 0 Å². The van der Waals surface area contributed by atoms with Crippen molar-refractivity contribution in [3.8, 4) is 0 Å². The molecule has 164 valence electrons. The number of hydrogen-bond acceptors (Lipinski definition) is 3. The van der Waals surface area contributed by atoms with Gasteiger partial charge in [0.25, 0.3) is 0 Å². The predicted octanol–water partition coefficient (Wildman–Crippen LogP) is 4.53. The highest BCUT2D eigenvalue weighted by Gasteiger charge is 2.33. The molecule has 1 saturated carbocycles. The van der Waals surface area contributed by atoms with Gasteiger partial charge in [-0.15, -0.1) is 0 Å². The van der Waals surface area contributed by atoms with Crippen molar-refractivity contribution in [2.75, 3.05) is 11.9 Å². The molecule has 1 aliphatic rings. The van der Waals surface area contributed by atoms with Crippen LogP contribution in [0, 0.1) is 12.8 Å². The van der Waals surface area contributed by atoms with Crippen LogP contribution in [-0.4, -0.2) is 18.4 Å². The van der Waals surface area contributed by atoms with Crippen LogP contribution in [0.2, 0.25) is 0 Å². The quantitative estimate of drug-likeness (QED) is 0.470. The van der Waals surface area contributed by atoms with Gasteiger partial charge in [-0.2, -0.15) is 0 Å². The molecule has 0 aliphatic heterocycles. The Bertz CT molecular complexity index is 1030. The molecular weight excluding hydrogens is 398 g/mol. The zero-order valence-corrected chi connectivity index (χ0v) is 18.3. The molecular formula is C27H29N3O2. The Hall–Kier alpha value is -3.44. The van der Waals surface area contributed by atoms with Crippen LogP contribution in [0.15, 0.2) is 84.9 Å². The third-order valence-corrected chi connectivity index (χ3v) is 5.75. The van der Waals surface area contributed by atoms with Gasteiger partial charge in [-0.1, -0.05) is 78.4 Å². The molecule has 1 aliphatic carbocycles. The first-order valence-electron chi connectivity index (χ1n) is 11.1. The van der Waals surface area contributed by atoms with Crippen molar-refractivity contribution in [2.24, 2.45) is 5.92 Å². The summed E-state index contributed by atoms with van der Waals surface area (Å²) in [7, 11) is 0. The minimum absolute atomic E-state index is 0.0122. The van der Waals surface area contributed by atoms with Gasteiger partial charge in [0.2, 0.25) is 11.8 Å². The second-order valence-electron chi connectivity index (χ2n) is 8.37. The van der Waals surface area contributed by atoms with Crippen molar-refractivity contribution in [3.63, 3.8) is 0 Å². The van der Waals surface area contributed by atoms with Gasteiger partial charge in [-0.05, 0) is 48.9 Å². The molecule has 0 saturated heterocycles. The number of carbonyl (C=O) groups is 2. The first kappa shape index (κ1) is 21.8. The van der Waals surface area contributed by atoms with Crippen molar-refractivity contribution in [3.05, 3.63) is 102 Å². The third kappa shape index (κ3) is 5.83. The van der Waals surface area contributed by atoms with Crippen LogP contribution < -0.4 is 16.0 Å². The zero-order chi connectivity index (χ0) is 22.3. The molecule has 3 aromatic rings. The molecule has 5 nitrogen and oxygen atoms in total. The van der Waals surface area contributed by atoms with Crippen LogP contribution in [0.25, 0.3) is 0 Å². The molecule has 0 spiro atoms. The smallest absolute Gasteiger partial charge is 0.246 e. The Morgan fingerprint density at radius 3 is 2.09 bits per heavy atom. The van der Waals surface area contributed by atoms with Crippen LogP contribution in [-0.2, 0) is 9.59 Å². The molecule has 0 aromatic heterocycles. The monoisotopic (exact) mass is 427 g/mol. The lowest BCUT2D eigenvalue weighted by atomic mass is 10.0. The van der Waals surface area contributed by atoms with Crippen LogP contribution in [0.4, 0.5) is 5.69 Å². The zero-order valence-electron chi connectivity index (χ0n) is 18.3. The van der Waals surface area contributed by atoms with E-state index in [0.717, 1.165) is 29.7 Å². The highest BCUT2D eigenvalue weighted by atomic mass is 16.2. The van der Waals surface area contributed by atoms with Gasteiger partial charge in [-0.3, -0.25) is 14.9 Å². The van der Waals surface area contributed by atoms with Crippen LogP contribution in [0.5, 0.6) is 0 Å². The van der Waals surface area contributed by atoms with E-state index in [4.69, 9.17) is 0 Å². The van der Waals surface area contributed by atoms with Gasteiger partial charge in [0.15, 0.2) is 0 Å². The first-order chi connectivity index (χ1) is 15.6. The fourth-order valence-corrected chi connectivity index (χ4v) is 3.84. The molecule has 32 heavy (non-hydrogen) atoms. The van der Waals surface area contributed by atoms with Crippen LogP contribution in [0.1, 0.15) is 41.6 Å². The van der Waals surface area contributed by atoms with E-state index in [-0.39, 0.29) is 24.4 Å². The summed E-state index contributed by atoms with van der Waals surface area (Å²) in [5.41, 5.74) is 3.86. The predicted molar refractivity (Wildman–Crippen MR) is 127 cm³/mol. The van der Waals surface area contributed by atoms with Gasteiger partial charge in [0, 0.05) is 5.69 Å². The van der Waals surface area contributed by atoms with Crippen molar-refractivity contribution < 1.29 is 9.59 Å². The number of rotatable bonds is 9. The number of benzene rings is 3. The standard InChI is InChI=1S/C27H29N3O2/c1-19-12-14-21(15-13-19)25(22-16-17-22)30-24(31)18-28-26(20-8-4-2-5-9-20)27(32)29-23-10-6-3-7-11-23/h2-15,22,25-26,28H,16-18H2,1H3,(H,29,32)(H,30,31). The number of anilines is 1. The number of nitrogens with one attached hydrogen (secondary N) is 3. The molecule has 1 fully saturated rings. The van der Waals surface area contributed by atoms with E-state index in [1.54, 1.807) is 0 Å². The van der Waals surface area contributed by atoms with E-state index in [1.807, 2.05) is 60.7 Å². The molecule has 5 heteroatoms. The topological polar surface area (TPSA) is 70.2 Å². The molecule has 3 N–H and O–H groups in total. The summed E-state index contributed by atoms with van der Waals surface area (Å²) < 4.78 is 0. The number of amides is 2. The summed E-state index contributed by atoms with van der Waals surface area (Å²) in [5.74, 6) is 0.163. The van der Waals surface area contributed by atoms with Crippen molar-refractivity contribution >= 4 is 17.5 Å². The number of para-hydroxylation sites is 1. The summed E-state index contributed by atoms with van der Waals surface area (Å²) in [5, 5.41) is 9.27. The Balaban J connectivity index is 1.42. The Morgan fingerprint density at radius 1 is 0.844 bits per heavy atom. The van der Waals surface area contributed by atoms with Gasteiger partial charge < -0.3 is 10.6 Å². The number of carbonyl (C=O) groups excluding carboxylic acids is 2. The molecule has 2 atom stereocenters. The van der Waals surface area contributed by atoms with E-state index in [0.29, 0.717) is 5.92 Å². The SMILES string of the molecule is Cc1ccc(C(NC(=O)CNC(C(=O)Nc2ccccc2)c2ccccc2)C2CC2)cc1. The summed E-state index contributed by atoms with van der Waals surface area (Å²) >= 11 is 0. The number of hydrogen-bond donors (Lipinski definition) is 3. The van der Waals surface area contributed by atoms with E-state index in [9.17, 15) is 9.59 Å². The van der Waals surface area contributed by atoms with E-state index in [1.165, 1.54) is 5.56 Å². The molecule has 2 unspecified atom stereocenters. The lowest BCUT2D eigenvalue weighted by Crippen LogP contribution is -2.41. The maximum absolute atomic E-state index is 13.0. The van der Waals surface area contributed by atoms with Gasteiger partial charge >= 0.3 is 0 Å². The average molecular weight is 428 g/mol. The molecule has 0 radical (unpaired) electrons. The Kier molecular flexibility index (Phi) is 6.97. The molecule has 0 bridgehead atoms. The Morgan fingerprint density at radius 2 is 1.47 bits per heavy atom. The van der Waals surface area contributed by atoms with Gasteiger partial charge in [-0.25, -0.2) is 0 Å². The third-order valence-electron chi connectivity index (χ3n) is 5.75. The minimum Gasteiger partial charge on any atom is -0.348 e. The second kappa shape index (κ2) is 10.2. The lowest BCUT2D eigenvalue weighted by Gasteiger charge is -2.22. The molecule has 3 aromatic carbocycles. The van der Waals surface area contributed by atoms with E-state index < -0.39 is 6.04 Å². The van der Waals surface area contributed by atoms with Crippen LogP contribution >= 0.6 is 0 Å². The lowest BCUT2D eigenvalue weighted by molar-refractivity contribution is -0.122. The summed E-state index contributed by atoms with van der Waals surface area (Å²) in [6, 6.07) is 26.5. The normalized spacial score (nSPS) is 14.9. The maximum Gasteiger partial charge on any atom is 0.246 e. The highest BCUT2D eigenvalue weighted by Crippen LogP contribution is 2.41. The van der Waals surface area contributed by atoms with Crippen molar-refractivity contribution in [2.45, 2.75) is 31.8 Å². The van der Waals surface area contributed by atoms with Gasteiger partial charge in [0.1, 0.15) is 6.04 Å². The molecule has 2 amide bonds. The second-order valence-corrected chi connectivity index (χ2v) is 8.37. The summed E-state index contributed by atoms with van der Waals surface area (Å²) in [6.07, 6.45) is 2.25. The van der Waals surface area contributed by atoms with E-state index in [2.05, 4.69) is 47.1 Å². The van der Waals surface area contributed by atoms with Gasteiger partial charge in [0.05, 0.1) is 12.6 Å². The number of aryl methyl sites for hydroxylation is 1. The summed E-state index contributed by atoms with van der Waals surface area (Å²) in [6.45, 7) is 2.11. The fraction of sp³-hybridized carbons (Fsp3) is 0.259. The Labute approximate surface area is 189 Å². The first-order valence-corrected chi connectivity index (χ1v) is 11.1. The largest absolute Gasteiger partial charge is 0.348 e. The molecule has 4 rings (SSSR count). The van der Waals surface area contributed by atoms with Crippen LogP contribution in [0.3, 0.4) is 0 Å². The maximum atomic E-state index is 13.0. The average Bonchev–Trinajstić information content (AvgIpc) is 3.65. The molecule has 0 heterocycles. The van der Waals surface area contributed by atoms with Crippen molar-refractivity contribution in [1.82, 2.24) is 10.6 Å².